The van der Waals surface area contributed by atoms with Gasteiger partial charge in [-0.05, 0) is 17.0 Å². The standard InChI is InChI=1S/C15H11NO3/c1-16-14(17)12-9-6-2-4-8-5-3-7-10(11(8)9)19-13(12)15(16)18/h2-7,12-13H,1H3. The van der Waals surface area contributed by atoms with Crippen LogP contribution in [-0.4, -0.2) is 29.9 Å². The molecule has 4 nitrogen and oxygen atoms in total. The zero-order valence-corrected chi connectivity index (χ0v) is 10.3. The summed E-state index contributed by atoms with van der Waals surface area (Å²) in [6.45, 7) is 0. The van der Waals surface area contributed by atoms with Crippen LogP contribution >= 0.6 is 0 Å². The normalized spacial score (nSPS) is 24.6. The highest BCUT2D eigenvalue weighted by Gasteiger charge is 2.51. The van der Waals surface area contributed by atoms with Crippen molar-refractivity contribution in [2.75, 3.05) is 7.05 Å². The second kappa shape index (κ2) is 3.35. The lowest BCUT2D eigenvalue weighted by Gasteiger charge is -2.26. The second-order valence-electron chi connectivity index (χ2n) is 4.95. The molecule has 2 heterocycles. The Bertz CT molecular complexity index is 732. The van der Waals surface area contributed by atoms with E-state index >= 15 is 0 Å². The molecule has 0 bridgehead atoms. The average Bonchev–Trinajstić information content (AvgIpc) is 2.65. The smallest absolute Gasteiger partial charge is 0.271 e. The number of imide groups is 1. The summed E-state index contributed by atoms with van der Waals surface area (Å²) in [6, 6.07) is 11.5. The number of hydrogen-bond acceptors (Lipinski definition) is 3. The number of likely N-dealkylation sites (N-methyl/N-ethyl adjacent to an activating group) is 1. The molecule has 19 heavy (non-hydrogen) atoms. The Morgan fingerprint density at radius 3 is 2.58 bits per heavy atom. The van der Waals surface area contributed by atoms with Crippen LogP contribution in [0.2, 0.25) is 0 Å². The number of amides is 2. The molecule has 2 aliphatic heterocycles. The molecule has 2 aromatic carbocycles. The lowest BCUT2D eigenvalue weighted by Crippen LogP contribution is -2.33. The van der Waals surface area contributed by atoms with E-state index in [-0.39, 0.29) is 11.8 Å². The zero-order chi connectivity index (χ0) is 13.1. The molecule has 94 valence electrons. The van der Waals surface area contributed by atoms with Gasteiger partial charge in [-0.1, -0.05) is 30.3 Å². The quantitative estimate of drug-likeness (QED) is 0.671. The highest BCUT2D eigenvalue weighted by atomic mass is 16.5. The Morgan fingerprint density at radius 2 is 1.79 bits per heavy atom. The van der Waals surface area contributed by atoms with Crippen LogP contribution in [0.15, 0.2) is 36.4 Å². The molecular weight excluding hydrogens is 242 g/mol. The molecule has 2 unspecified atom stereocenters. The summed E-state index contributed by atoms with van der Waals surface area (Å²) < 4.78 is 5.77. The van der Waals surface area contributed by atoms with E-state index in [4.69, 9.17) is 4.74 Å². The van der Waals surface area contributed by atoms with Gasteiger partial charge in [0.05, 0.1) is 0 Å². The number of nitrogens with zero attached hydrogens (tertiary/aromatic N) is 1. The monoisotopic (exact) mass is 253 g/mol. The summed E-state index contributed by atoms with van der Waals surface area (Å²) in [4.78, 5) is 25.5. The number of carbonyl (C=O) groups is 2. The molecule has 0 saturated carbocycles. The van der Waals surface area contributed by atoms with Gasteiger partial charge in [0.25, 0.3) is 5.91 Å². The maximum atomic E-state index is 12.2. The topological polar surface area (TPSA) is 46.6 Å². The van der Waals surface area contributed by atoms with E-state index in [1.807, 2.05) is 36.4 Å². The SMILES string of the molecule is CN1C(=O)C2Oc3cccc4cccc(c34)C2C1=O. The highest BCUT2D eigenvalue weighted by Crippen LogP contribution is 2.43. The van der Waals surface area contributed by atoms with E-state index < -0.39 is 12.0 Å². The molecule has 2 amide bonds. The maximum Gasteiger partial charge on any atom is 0.271 e. The largest absolute Gasteiger partial charge is 0.479 e. The third-order valence-corrected chi connectivity index (χ3v) is 3.96. The molecule has 4 rings (SSSR count). The van der Waals surface area contributed by atoms with Crippen molar-refractivity contribution >= 4 is 22.6 Å². The third-order valence-electron chi connectivity index (χ3n) is 3.96. The predicted molar refractivity (Wildman–Crippen MR) is 68.9 cm³/mol. The predicted octanol–water partition coefficient (Wildman–Crippen LogP) is 1.68. The molecule has 0 aliphatic carbocycles. The van der Waals surface area contributed by atoms with Gasteiger partial charge in [0, 0.05) is 12.4 Å². The van der Waals surface area contributed by atoms with Crippen LogP contribution in [0.1, 0.15) is 11.5 Å². The van der Waals surface area contributed by atoms with Crippen LogP contribution in [0.3, 0.4) is 0 Å². The Balaban J connectivity index is 2.05. The molecule has 1 fully saturated rings. The van der Waals surface area contributed by atoms with E-state index in [9.17, 15) is 9.59 Å². The van der Waals surface area contributed by atoms with Crippen LogP contribution in [-0.2, 0) is 9.59 Å². The molecule has 0 spiro atoms. The van der Waals surface area contributed by atoms with Crippen LogP contribution in [0, 0.1) is 0 Å². The van der Waals surface area contributed by atoms with Gasteiger partial charge in [0.1, 0.15) is 11.7 Å². The Morgan fingerprint density at radius 1 is 1.05 bits per heavy atom. The summed E-state index contributed by atoms with van der Waals surface area (Å²) in [7, 11) is 1.51. The van der Waals surface area contributed by atoms with Crippen LogP contribution in [0.4, 0.5) is 0 Å². The zero-order valence-electron chi connectivity index (χ0n) is 10.3. The fourth-order valence-corrected chi connectivity index (χ4v) is 3.02. The minimum absolute atomic E-state index is 0.183. The van der Waals surface area contributed by atoms with Gasteiger partial charge in [-0.15, -0.1) is 0 Å². The molecule has 1 saturated heterocycles. The number of rotatable bonds is 0. The van der Waals surface area contributed by atoms with Crippen molar-refractivity contribution in [1.82, 2.24) is 4.90 Å². The van der Waals surface area contributed by atoms with Crippen molar-refractivity contribution in [2.24, 2.45) is 0 Å². The van der Waals surface area contributed by atoms with Crippen molar-refractivity contribution in [3.8, 4) is 5.75 Å². The van der Waals surface area contributed by atoms with Gasteiger partial charge >= 0.3 is 0 Å². The van der Waals surface area contributed by atoms with E-state index in [2.05, 4.69) is 0 Å². The Kier molecular flexibility index (Phi) is 1.86. The van der Waals surface area contributed by atoms with E-state index in [0.29, 0.717) is 5.75 Å². The number of hydrogen-bond donors (Lipinski definition) is 0. The van der Waals surface area contributed by atoms with Crippen LogP contribution < -0.4 is 4.74 Å². The first-order valence-electron chi connectivity index (χ1n) is 6.18. The van der Waals surface area contributed by atoms with Gasteiger partial charge in [-0.2, -0.15) is 0 Å². The van der Waals surface area contributed by atoms with Crippen molar-refractivity contribution < 1.29 is 14.3 Å². The molecule has 0 aromatic heterocycles. The molecular formula is C15H11NO3. The highest BCUT2D eigenvalue weighted by molar-refractivity contribution is 6.12. The molecule has 2 aliphatic rings. The summed E-state index contributed by atoms with van der Waals surface area (Å²) in [5.41, 5.74) is 0.895. The first-order chi connectivity index (χ1) is 9.18. The third kappa shape index (κ3) is 1.18. The van der Waals surface area contributed by atoms with Gasteiger partial charge in [-0.3, -0.25) is 14.5 Å². The number of carbonyl (C=O) groups excluding carboxylic acids is 2. The minimum atomic E-state index is -0.710. The van der Waals surface area contributed by atoms with Gasteiger partial charge in [0.15, 0.2) is 6.10 Å². The Hall–Kier alpha value is -2.36. The van der Waals surface area contributed by atoms with Crippen molar-refractivity contribution in [3.63, 3.8) is 0 Å². The first-order valence-corrected chi connectivity index (χ1v) is 6.18. The number of fused-ring (bicyclic) bond motifs is 2. The van der Waals surface area contributed by atoms with Gasteiger partial charge in [0.2, 0.25) is 5.91 Å². The minimum Gasteiger partial charge on any atom is -0.479 e. The summed E-state index contributed by atoms with van der Waals surface area (Å²) in [6.07, 6.45) is -0.710. The van der Waals surface area contributed by atoms with Crippen molar-refractivity contribution in [1.29, 1.82) is 0 Å². The second-order valence-corrected chi connectivity index (χ2v) is 4.95. The fourth-order valence-electron chi connectivity index (χ4n) is 3.02. The molecule has 2 aromatic rings. The molecule has 2 atom stereocenters. The molecule has 0 N–H and O–H groups in total. The lowest BCUT2D eigenvalue weighted by atomic mass is 9.88. The van der Waals surface area contributed by atoms with Gasteiger partial charge < -0.3 is 4.74 Å². The van der Waals surface area contributed by atoms with Crippen molar-refractivity contribution in [3.05, 3.63) is 42.0 Å². The number of benzene rings is 2. The Labute approximate surface area is 109 Å². The molecule has 0 radical (unpaired) electrons. The van der Waals surface area contributed by atoms with E-state index in [1.54, 1.807) is 0 Å². The van der Waals surface area contributed by atoms with E-state index in [1.165, 1.54) is 11.9 Å². The average molecular weight is 253 g/mol. The summed E-state index contributed by atoms with van der Waals surface area (Å²) in [5, 5.41) is 1.98. The lowest BCUT2D eigenvalue weighted by molar-refractivity contribution is -0.138. The maximum absolute atomic E-state index is 12.2. The van der Waals surface area contributed by atoms with Crippen LogP contribution in [0.25, 0.3) is 10.8 Å². The van der Waals surface area contributed by atoms with Gasteiger partial charge in [-0.25, -0.2) is 0 Å². The van der Waals surface area contributed by atoms with Crippen molar-refractivity contribution in [2.45, 2.75) is 12.0 Å². The number of ether oxygens (including phenoxy) is 1. The van der Waals surface area contributed by atoms with Crippen LogP contribution in [0.5, 0.6) is 5.75 Å². The summed E-state index contributed by atoms with van der Waals surface area (Å²) in [5.74, 6) is -0.264. The fraction of sp³-hybridized carbons (Fsp3) is 0.200. The first kappa shape index (κ1) is 10.6. The van der Waals surface area contributed by atoms with E-state index in [0.717, 1.165) is 16.3 Å². The summed E-state index contributed by atoms with van der Waals surface area (Å²) >= 11 is 0. The number of likely N-dealkylation sites (tertiary alicyclic amines) is 1. The molecule has 4 heteroatoms.